The number of amides is 1. The molecule has 31 heavy (non-hydrogen) atoms. The Morgan fingerprint density at radius 3 is 2.55 bits per heavy atom. The van der Waals surface area contributed by atoms with Gasteiger partial charge >= 0.3 is 0 Å². The molecule has 1 aromatic heterocycles. The molecule has 0 saturated carbocycles. The van der Waals surface area contributed by atoms with Crippen LogP contribution in [0, 0.1) is 6.92 Å². The average Bonchev–Trinajstić information content (AvgIpc) is 2.79. The summed E-state index contributed by atoms with van der Waals surface area (Å²) in [6.45, 7) is 4.80. The van der Waals surface area contributed by atoms with E-state index in [-0.39, 0.29) is 5.91 Å². The van der Waals surface area contributed by atoms with Gasteiger partial charge in [0.2, 0.25) is 5.91 Å². The molecule has 0 N–H and O–H groups in total. The highest BCUT2D eigenvalue weighted by molar-refractivity contribution is 6.42. The van der Waals surface area contributed by atoms with Gasteiger partial charge in [-0.1, -0.05) is 41.4 Å². The van der Waals surface area contributed by atoms with E-state index in [0.717, 1.165) is 46.7 Å². The highest BCUT2D eigenvalue weighted by Gasteiger charge is 2.21. The molecule has 1 saturated heterocycles. The Labute approximate surface area is 191 Å². The molecule has 4 rings (SSSR count). The molecule has 1 amide bonds. The monoisotopic (exact) mass is 455 g/mol. The number of carbonyl (C=O) groups excluding carboxylic acids is 1. The Balaban J connectivity index is 1.44. The van der Waals surface area contributed by atoms with Crippen LogP contribution in [0.2, 0.25) is 10.0 Å². The summed E-state index contributed by atoms with van der Waals surface area (Å²) in [5.74, 6) is 1.66. The number of pyridine rings is 1. The second-order valence-corrected chi connectivity index (χ2v) is 8.29. The lowest BCUT2D eigenvalue weighted by molar-refractivity contribution is -0.126. The molecular weight excluding hydrogens is 433 g/mol. The van der Waals surface area contributed by atoms with Crippen LogP contribution in [-0.2, 0) is 4.79 Å². The number of para-hydroxylation sites is 1. The summed E-state index contributed by atoms with van der Waals surface area (Å²) in [5, 5.41) is 2.06. The van der Waals surface area contributed by atoms with Crippen LogP contribution in [0.1, 0.15) is 11.1 Å². The van der Waals surface area contributed by atoms with Crippen molar-refractivity contribution in [3.63, 3.8) is 0 Å². The summed E-state index contributed by atoms with van der Waals surface area (Å²) in [6, 6.07) is 13.4. The first kappa shape index (κ1) is 21.5. The van der Waals surface area contributed by atoms with Crippen molar-refractivity contribution in [2.24, 2.45) is 0 Å². The fourth-order valence-electron chi connectivity index (χ4n) is 3.75. The highest BCUT2D eigenvalue weighted by atomic mass is 35.5. The molecule has 7 heteroatoms. The maximum atomic E-state index is 12.6. The fourth-order valence-corrected chi connectivity index (χ4v) is 4.05. The Morgan fingerprint density at radius 1 is 1.06 bits per heavy atom. The number of ether oxygens (including phenoxy) is 1. The lowest BCUT2D eigenvalue weighted by Crippen LogP contribution is -2.48. The van der Waals surface area contributed by atoms with E-state index in [4.69, 9.17) is 32.9 Å². The first-order valence-electron chi connectivity index (χ1n) is 10.1. The van der Waals surface area contributed by atoms with Crippen molar-refractivity contribution in [1.82, 2.24) is 9.88 Å². The van der Waals surface area contributed by atoms with Crippen LogP contribution >= 0.6 is 23.2 Å². The van der Waals surface area contributed by atoms with Crippen molar-refractivity contribution in [3.05, 3.63) is 69.7 Å². The van der Waals surface area contributed by atoms with Crippen LogP contribution in [0.15, 0.2) is 48.5 Å². The quantitative estimate of drug-likeness (QED) is 0.505. The fraction of sp³-hybridized carbons (Fsp3) is 0.250. The van der Waals surface area contributed by atoms with Crippen molar-refractivity contribution >= 4 is 51.9 Å². The molecule has 0 radical (unpaired) electrons. The molecule has 160 valence electrons. The number of benzene rings is 2. The number of anilines is 1. The van der Waals surface area contributed by atoms with Crippen LogP contribution in [0.5, 0.6) is 5.75 Å². The number of fused-ring (bicyclic) bond motifs is 1. The number of rotatable bonds is 4. The molecule has 2 heterocycles. The van der Waals surface area contributed by atoms with Gasteiger partial charge in [0.25, 0.3) is 0 Å². The number of aryl methyl sites for hydroxylation is 1. The molecular formula is C24H23Cl2N3O2. The average molecular weight is 456 g/mol. The number of aromatic nitrogens is 1. The van der Waals surface area contributed by atoms with Crippen LogP contribution in [0.25, 0.3) is 17.0 Å². The van der Waals surface area contributed by atoms with E-state index in [1.54, 1.807) is 31.4 Å². The van der Waals surface area contributed by atoms with Gasteiger partial charge in [-0.25, -0.2) is 4.98 Å². The number of methoxy groups -OCH3 is 1. The molecule has 1 aliphatic rings. The van der Waals surface area contributed by atoms with E-state index in [9.17, 15) is 4.79 Å². The van der Waals surface area contributed by atoms with Crippen LogP contribution < -0.4 is 9.64 Å². The maximum Gasteiger partial charge on any atom is 0.246 e. The number of nitrogens with zero attached hydrogens (tertiary/aromatic N) is 3. The predicted molar refractivity (Wildman–Crippen MR) is 127 cm³/mol. The first-order valence-corrected chi connectivity index (χ1v) is 10.8. The van der Waals surface area contributed by atoms with E-state index in [1.807, 2.05) is 23.1 Å². The van der Waals surface area contributed by atoms with Gasteiger partial charge in [0.05, 0.1) is 17.2 Å². The van der Waals surface area contributed by atoms with E-state index in [0.29, 0.717) is 23.1 Å². The van der Waals surface area contributed by atoms with Crippen molar-refractivity contribution in [2.75, 3.05) is 38.2 Å². The van der Waals surface area contributed by atoms with Crippen molar-refractivity contribution in [1.29, 1.82) is 0 Å². The molecule has 0 atom stereocenters. The Hall–Kier alpha value is -2.76. The van der Waals surface area contributed by atoms with Gasteiger partial charge in [-0.05, 0) is 48.4 Å². The number of piperazine rings is 1. The lowest BCUT2D eigenvalue weighted by Gasteiger charge is -2.35. The summed E-state index contributed by atoms with van der Waals surface area (Å²) in [7, 11) is 1.66. The highest BCUT2D eigenvalue weighted by Crippen LogP contribution is 2.29. The second kappa shape index (κ2) is 9.16. The third-order valence-electron chi connectivity index (χ3n) is 5.49. The SMILES string of the molecule is COc1cccc2c(C)cc(N3CCN(C(=O)/C=C/c4ccc(Cl)c(Cl)c4)CC3)nc12. The minimum absolute atomic E-state index is 0.0185. The maximum absolute atomic E-state index is 12.6. The van der Waals surface area contributed by atoms with Gasteiger partial charge in [0.1, 0.15) is 17.1 Å². The van der Waals surface area contributed by atoms with Crippen molar-refractivity contribution in [3.8, 4) is 5.75 Å². The summed E-state index contributed by atoms with van der Waals surface area (Å²) >= 11 is 12.0. The summed E-state index contributed by atoms with van der Waals surface area (Å²) < 4.78 is 5.49. The number of carbonyl (C=O) groups is 1. The molecule has 3 aromatic rings. The summed E-state index contributed by atoms with van der Waals surface area (Å²) in [5.41, 5.74) is 2.86. The lowest BCUT2D eigenvalue weighted by atomic mass is 10.1. The normalized spacial score (nSPS) is 14.5. The molecule has 0 aliphatic carbocycles. The van der Waals surface area contributed by atoms with Gasteiger partial charge in [-0.15, -0.1) is 0 Å². The molecule has 5 nitrogen and oxygen atoms in total. The zero-order valence-electron chi connectivity index (χ0n) is 17.4. The molecule has 1 fully saturated rings. The minimum atomic E-state index is -0.0185. The number of halogens is 2. The number of hydrogen-bond donors (Lipinski definition) is 0. The van der Waals surface area contributed by atoms with Crippen molar-refractivity contribution < 1.29 is 9.53 Å². The van der Waals surface area contributed by atoms with Gasteiger partial charge in [-0.3, -0.25) is 4.79 Å². The van der Waals surface area contributed by atoms with Crippen LogP contribution in [0.4, 0.5) is 5.82 Å². The topological polar surface area (TPSA) is 45.7 Å². The standard InChI is InChI=1S/C24H23Cl2N3O2/c1-16-14-22(27-24-18(16)4-3-5-21(24)31-2)28-10-12-29(13-11-28)23(30)9-7-17-6-8-19(25)20(26)15-17/h3-9,14-15H,10-13H2,1-2H3/b9-7+. The Bertz CT molecular complexity index is 1160. The van der Waals surface area contributed by atoms with Crippen LogP contribution in [0.3, 0.4) is 0 Å². The van der Waals surface area contributed by atoms with E-state index < -0.39 is 0 Å². The zero-order valence-corrected chi connectivity index (χ0v) is 19.0. The van der Waals surface area contributed by atoms with E-state index >= 15 is 0 Å². The number of hydrogen-bond acceptors (Lipinski definition) is 4. The third kappa shape index (κ3) is 4.63. The summed E-state index contributed by atoms with van der Waals surface area (Å²) in [6.07, 6.45) is 3.34. The molecule has 0 spiro atoms. The first-order chi connectivity index (χ1) is 15.0. The Morgan fingerprint density at radius 2 is 1.84 bits per heavy atom. The second-order valence-electron chi connectivity index (χ2n) is 7.47. The van der Waals surface area contributed by atoms with Gasteiger partial charge < -0.3 is 14.5 Å². The smallest absolute Gasteiger partial charge is 0.246 e. The van der Waals surface area contributed by atoms with Crippen molar-refractivity contribution in [2.45, 2.75) is 6.92 Å². The predicted octanol–water partition coefficient (Wildman–Crippen LogP) is 5.22. The molecule has 0 bridgehead atoms. The third-order valence-corrected chi connectivity index (χ3v) is 6.23. The van der Waals surface area contributed by atoms with Gasteiger partial charge in [-0.2, -0.15) is 0 Å². The van der Waals surface area contributed by atoms with Crippen LogP contribution in [-0.4, -0.2) is 49.1 Å². The molecule has 2 aromatic carbocycles. The Kier molecular flexibility index (Phi) is 6.35. The zero-order chi connectivity index (χ0) is 22.0. The van der Waals surface area contributed by atoms with Gasteiger partial charge in [0, 0.05) is 37.6 Å². The van der Waals surface area contributed by atoms with Gasteiger partial charge in [0.15, 0.2) is 0 Å². The molecule has 1 aliphatic heterocycles. The largest absolute Gasteiger partial charge is 0.494 e. The summed E-state index contributed by atoms with van der Waals surface area (Å²) in [4.78, 5) is 21.5. The molecule has 0 unspecified atom stereocenters. The van der Waals surface area contributed by atoms with E-state index in [1.165, 1.54) is 0 Å². The van der Waals surface area contributed by atoms with E-state index in [2.05, 4.69) is 24.0 Å². The minimum Gasteiger partial charge on any atom is -0.494 e.